The first-order valence-corrected chi connectivity index (χ1v) is 7.30. The Morgan fingerprint density at radius 2 is 2.00 bits per heavy atom. The van der Waals surface area contributed by atoms with Crippen LogP contribution >= 0.6 is 0 Å². The first-order chi connectivity index (χ1) is 8.69. The van der Waals surface area contributed by atoms with Gasteiger partial charge in [-0.1, -0.05) is 0 Å². The minimum Gasteiger partial charge on any atom is -0.378 e. The maximum Gasteiger partial charge on any atom is 0.223 e. The number of fused-ring (bicyclic) bond motifs is 2. The monoisotopic (exact) mass is 252 g/mol. The van der Waals surface area contributed by atoms with Gasteiger partial charge >= 0.3 is 0 Å². The average molecular weight is 252 g/mol. The van der Waals surface area contributed by atoms with Gasteiger partial charge in [0.05, 0.1) is 12.0 Å². The molecule has 0 aromatic rings. The number of hydrogen-bond acceptors (Lipinski definition) is 3. The number of hydrogen-bond donors (Lipinski definition) is 2. The van der Waals surface area contributed by atoms with Gasteiger partial charge in [0, 0.05) is 25.2 Å². The molecule has 1 amide bonds. The van der Waals surface area contributed by atoms with Crippen molar-refractivity contribution in [2.75, 3.05) is 7.11 Å². The van der Waals surface area contributed by atoms with Crippen molar-refractivity contribution in [1.29, 1.82) is 0 Å². The highest BCUT2D eigenvalue weighted by Crippen LogP contribution is 2.38. The normalized spacial score (nSPS) is 37.1. The van der Waals surface area contributed by atoms with E-state index in [1.165, 1.54) is 19.3 Å². The van der Waals surface area contributed by atoms with Crippen LogP contribution in [-0.4, -0.2) is 36.7 Å². The van der Waals surface area contributed by atoms with Crippen molar-refractivity contribution in [1.82, 2.24) is 10.6 Å². The van der Waals surface area contributed by atoms with Gasteiger partial charge in [-0.15, -0.1) is 0 Å². The number of ether oxygens (including phenoxy) is 1. The predicted octanol–water partition coefficient (Wildman–Crippen LogP) is 1.34. The molecule has 2 aliphatic heterocycles. The van der Waals surface area contributed by atoms with E-state index < -0.39 is 0 Å². The van der Waals surface area contributed by atoms with Crippen LogP contribution in [0, 0.1) is 0 Å². The molecule has 2 heterocycles. The number of amides is 1. The van der Waals surface area contributed by atoms with Crippen LogP contribution in [0.15, 0.2) is 0 Å². The lowest BCUT2D eigenvalue weighted by Crippen LogP contribution is -2.50. The molecule has 3 aliphatic rings. The molecule has 0 aromatic heterocycles. The van der Waals surface area contributed by atoms with Gasteiger partial charge in [0.15, 0.2) is 0 Å². The molecular weight excluding hydrogens is 228 g/mol. The van der Waals surface area contributed by atoms with Crippen molar-refractivity contribution >= 4 is 5.91 Å². The number of carbonyl (C=O) groups excluding carboxylic acids is 1. The fourth-order valence-corrected chi connectivity index (χ4v) is 3.77. The Balaban J connectivity index is 1.49. The lowest BCUT2D eigenvalue weighted by Gasteiger charge is -2.40. The smallest absolute Gasteiger partial charge is 0.223 e. The van der Waals surface area contributed by atoms with Crippen LogP contribution in [0.5, 0.6) is 0 Å². The van der Waals surface area contributed by atoms with E-state index in [2.05, 4.69) is 10.6 Å². The van der Waals surface area contributed by atoms with Crippen LogP contribution in [0.3, 0.4) is 0 Å². The number of rotatable bonds is 4. The third kappa shape index (κ3) is 2.41. The van der Waals surface area contributed by atoms with E-state index in [0.717, 1.165) is 25.7 Å². The van der Waals surface area contributed by atoms with E-state index in [0.29, 0.717) is 24.5 Å². The summed E-state index contributed by atoms with van der Waals surface area (Å²) in [7, 11) is 1.73. The molecule has 2 saturated heterocycles. The zero-order chi connectivity index (χ0) is 12.6. The summed E-state index contributed by atoms with van der Waals surface area (Å²) in [5, 5.41) is 6.82. The third-order valence-electron chi connectivity index (χ3n) is 5.02. The summed E-state index contributed by atoms with van der Waals surface area (Å²) in [6, 6.07) is 1.65. The molecule has 1 aliphatic carbocycles. The largest absolute Gasteiger partial charge is 0.378 e. The Bertz CT molecular complexity index is 310. The van der Waals surface area contributed by atoms with E-state index in [4.69, 9.17) is 4.74 Å². The average Bonchev–Trinajstić information content (AvgIpc) is 2.63. The third-order valence-corrected chi connectivity index (χ3v) is 5.02. The highest BCUT2D eigenvalue weighted by atomic mass is 16.5. The Kier molecular flexibility index (Phi) is 3.32. The van der Waals surface area contributed by atoms with Crippen molar-refractivity contribution in [3.05, 3.63) is 0 Å². The maximum atomic E-state index is 12.1. The summed E-state index contributed by atoms with van der Waals surface area (Å²) in [6.07, 6.45) is 8.56. The quantitative estimate of drug-likeness (QED) is 0.794. The van der Waals surface area contributed by atoms with Gasteiger partial charge in [-0.05, 0) is 44.9 Å². The molecule has 4 heteroatoms. The highest BCUT2D eigenvalue weighted by Gasteiger charge is 2.40. The fourth-order valence-electron chi connectivity index (χ4n) is 3.77. The first-order valence-electron chi connectivity index (χ1n) is 7.30. The number of nitrogens with one attached hydrogen (secondary N) is 2. The predicted molar refractivity (Wildman–Crippen MR) is 69.3 cm³/mol. The maximum absolute atomic E-state index is 12.1. The van der Waals surface area contributed by atoms with Gasteiger partial charge in [-0.2, -0.15) is 0 Å². The van der Waals surface area contributed by atoms with Crippen LogP contribution in [0.1, 0.15) is 51.4 Å². The van der Waals surface area contributed by atoms with Gasteiger partial charge < -0.3 is 15.4 Å². The van der Waals surface area contributed by atoms with Crippen molar-refractivity contribution in [3.8, 4) is 0 Å². The summed E-state index contributed by atoms with van der Waals surface area (Å²) in [5.41, 5.74) is -0.143. The lowest BCUT2D eigenvalue weighted by molar-refractivity contribution is -0.135. The number of carbonyl (C=O) groups is 1. The Morgan fingerprint density at radius 3 is 2.50 bits per heavy atom. The standard InChI is InChI=1S/C14H24N2O2/c1-18-14(5-2-6-14)9-13(17)16-12-7-10-3-4-11(8-12)15-10/h10-12,15H,2-9H2,1H3,(H,16,17). The van der Waals surface area contributed by atoms with Gasteiger partial charge in [-0.3, -0.25) is 4.79 Å². The minimum atomic E-state index is -0.143. The molecule has 1 saturated carbocycles. The number of piperidine rings is 1. The molecule has 0 aromatic carbocycles. The van der Waals surface area contributed by atoms with E-state index in [1.807, 2.05) is 0 Å². The molecule has 2 bridgehead atoms. The molecule has 102 valence electrons. The van der Waals surface area contributed by atoms with Gasteiger partial charge in [-0.25, -0.2) is 0 Å². The van der Waals surface area contributed by atoms with E-state index in [-0.39, 0.29) is 11.5 Å². The topological polar surface area (TPSA) is 50.4 Å². The summed E-state index contributed by atoms with van der Waals surface area (Å²) in [4.78, 5) is 12.1. The zero-order valence-electron chi connectivity index (χ0n) is 11.2. The van der Waals surface area contributed by atoms with Gasteiger partial charge in [0.1, 0.15) is 0 Å². The van der Waals surface area contributed by atoms with Gasteiger partial charge in [0.2, 0.25) is 5.91 Å². The molecule has 3 rings (SSSR count). The Labute approximate surface area is 109 Å². The SMILES string of the molecule is COC1(CC(=O)NC2CC3CCC(C2)N3)CCC1. The minimum absolute atomic E-state index is 0.143. The van der Waals surface area contributed by atoms with Crippen LogP contribution in [-0.2, 0) is 9.53 Å². The lowest BCUT2D eigenvalue weighted by atomic mass is 9.77. The molecular formula is C14H24N2O2. The first kappa shape index (κ1) is 12.4. The van der Waals surface area contributed by atoms with E-state index in [9.17, 15) is 4.79 Å². The second-order valence-electron chi connectivity index (χ2n) is 6.29. The van der Waals surface area contributed by atoms with Crippen LogP contribution in [0.4, 0.5) is 0 Å². The summed E-state index contributed by atoms with van der Waals surface area (Å²) in [5.74, 6) is 0.183. The molecule has 2 unspecified atom stereocenters. The van der Waals surface area contributed by atoms with E-state index in [1.54, 1.807) is 7.11 Å². The zero-order valence-corrected chi connectivity index (χ0v) is 11.2. The Hall–Kier alpha value is -0.610. The molecule has 2 atom stereocenters. The molecule has 3 fully saturated rings. The molecule has 18 heavy (non-hydrogen) atoms. The summed E-state index contributed by atoms with van der Waals surface area (Å²) < 4.78 is 5.52. The molecule has 0 radical (unpaired) electrons. The van der Waals surface area contributed by atoms with Crippen molar-refractivity contribution < 1.29 is 9.53 Å². The van der Waals surface area contributed by atoms with Crippen molar-refractivity contribution in [2.45, 2.75) is 75.1 Å². The second-order valence-corrected chi connectivity index (χ2v) is 6.29. The van der Waals surface area contributed by atoms with Gasteiger partial charge in [0.25, 0.3) is 0 Å². The number of methoxy groups -OCH3 is 1. The van der Waals surface area contributed by atoms with Crippen LogP contribution in [0.25, 0.3) is 0 Å². The fraction of sp³-hybridized carbons (Fsp3) is 0.929. The Morgan fingerprint density at radius 1 is 1.33 bits per heavy atom. The second kappa shape index (κ2) is 4.82. The van der Waals surface area contributed by atoms with Crippen LogP contribution in [0.2, 0.25) is 0 Å². The molecule has 2 N–H and O–H groups in total. The van der Waals surface area contributed by atoms with Crippen molar-refractivity contribution in [2.24, 2.45) is 0 Å². The molecule has 0 spiro atoms. The summed E-state index contributed by atoms with van der Waals surface area (Å²) in [6.45, 7) is 0. The van der Waals surface area contributed by atoms with E-state index >= 15 is 0 Å². The van der Waals surface area contributed by atoms with Crippen molar-refractivity contribution in [3.63, 3.8) is 0 Å². The summed E-state index contributed by atoms with van der Waals surface area (Å²) >= 11 is 0. The molecule has 4 nitrogen and oxygen atoms in total. The van der Waals surface area contributed by atoms with Crippen LogP contribution < -0.4 is 10.6 Å². The highest BCUT2D eigenvalue weighted by molar-refractivity contribution is 5.77.